The number of carboxylic acid groups (broad SMARTS) is 1. The molecule has 0 radical (unpaired) electrons. The molecule has 1 aromatic heterocycles. The zero-order valence-electron chi connectivity index (χ0n) is 9.61. The van der Waals surface area contributed by atoms with Crippen LogP contribution in [-0.4, -0.2) is 20.6 Å². The van der Waals surface area contributed by atoms with Gasteiger partial charge in [0, 0.05) is 18.9 Å². The Morgan fingerprint density at radius 2 is 2.00 bits per heavy atom. The molecule has 4 nitrogen and oxygen atoms in total. The van der Waals surface area contributed by atoms with E-state index in [0.29, 0.717) is 0 Å². The van der Waals surface area contributed by atoms with Crippen LogP contribution in [0, 0.1) is 17.5 Å². The number of halogens is 3. The highest BCUT2D eigenvalue weighted by atomic mass is 19.2. The minimum Gasteiger partial charge on any atom is -0.481 e. The number of rotatable bonds is 4. The van der Waals surface area contributed by atoms with Gasteiger partial charge in [-0.15, -0.1) is 0 Å². The van der Waals surface area contributed by atoms with Gasteiger partial charge in [-0.3, -0.25) is 4.79 Å². The second-order valence-electron chi connectivity index (χ2n) is 3.81. The third kappa shape index (κ3) is 2.59. The van der Waals surface area contributed by atoms with Crippen molar-refractivity contribution >= 4 is 5.97 Å². The molecule has 7 heteroatoms. The van der Waals surface area contributed by atoms with Crippen LogP contribution >= 0.6 is 0 Å². The first-order valence-electron chi connectivity index (χ1n) is 5.37. The van der Waals surface area contributed by atoms with Crippen molar-refractivity contribution in [1.82, 2.24) is 9.55 Å². The molecule has 2 aromatic rings. The van der Waals surface area contributed by atoms with Crippen LogP contribution in [0.4, 0.5) is 13.2 Å². The molecule has 0 fully saturated rings. The van der Waals surface area contributed by atoms with Crippen LogP contribution in [0.3, 0.4) is 0 Å². The van der Waals surface area contributed by atoms with E-state index in [0.717, 1.165) is 12.1 Å². The lowest BCUT2D eigenvalue weighted by molar-refractivity contribution is -0.137. The SMILES string of the molecule is O=C(O)CCn1ccnc1-c1ccc(F)c(F)c1F. The van der Waals surface area contributed by atoms with Crippen molar-refractivity contribution in [3.8, 4) is 11.4 Å². The number of nitrogens with zero attached hydrogens (tertiary/aromatic N) is 2. The number of carboxylic acids is 1. The maximum Gasteiger partial charge on any atom is 0.305 e. The van der Waals surface area contributed by atoms with Gasteiger partial charge in [0.2, 0.25) is 0 Å². The van der Waals surface area contributed by atoms with E-state index in [1.54, 1.807) is 0 Å². The van der Waals surface area contributed by atoms with Crippen LogP contribution in [0.15, 0.2) is 24.5 Å². The molecule has 0 aliphatic heterocycles. The second-order valence-corrected chi connectivity index (χ2v) is 3.81. The Balaban J connectivity index is 2.40. The maximum atomic E-state index is 13.6. The molecule has 0 unspecified atom stereocenters. The van der Waals surface area contributed by atoms with E-state index in [4.69, 9.17) is 5.11 Å². The van der Waals surface area contributed by atoms with Crippen molar-refractivity contribution in [1.29, 1.82) is 0 Å². The summed E-state index contributed by atoms with van der Waals surface area (Å²) in [5.74, 6) is -5.18. The summed E-state index contributed by atoms with van der Waals surface area (Å²) in [5, 5.41) is 8.59. The van der Waals surface area contributed by atoms with Crippen LogP contribution < -0.4 is 0 Å². The summed E-state index contributed by atoms with van der Waals surface area (Å²) in [6.07, 6.45) is 2.59. The van der Waals surface area contributed by atoms with Gasteiger partial charge in [0.25, 0.3) is 0 Å². The topological polar surface area (TPSA) is 55.1 Å². The third-order valence-electron chi connectivity index (χ3n) is 2.56. The highest BCUT2D eigenvalue weighted by molar-refractivity contribution is 5.66. The summed E-state index contributed by atoms with van der Waals surface area (Å²) in [4.78, 5) is 14.3. The molecule has 0 saturated carbocycles. The Hall–Kier alpha value is -2.31. The molecule has 19 heavy (non-hydrogen) atoms. The van der Waals surface area contributed by atoms with Gasteiger partial charge >= 0.3 is 5.97 Å². The van der Waals surface area contributed by atoms with E-state index in [1.165, 1.54) is 17.0 Å². The summed E-state index contributed by atoms with van der Waals surface area (Å²) < 4.78 is 41.0. The van der Waals surface area contributed by atoms with E-state index >= 15 is 0 Å². The monoisotopic (exact) mass is 270 g/mol. The standard InChI is InChI=1S/C12H9F3N2O2/c13-8-2-1-7(10(14)11(8)15)12-16-4-6-17(12)5-3-9(18)19/h1-2,4,6H,3,5H2,(H,18,19). The molecule has 0 amide bonds. The molecular weight excluding hydrogens is 261 g/mol. The van der Waals surface area contributed by atoms with Crippen molar-refractivity contribution in [3.63, 3.8) is 0 Å². The lowest BCUT2D eigenvalue weighted by atomic mass is 10.2. The van der Waals surface area contributed by atoms with Crippen LogP contribution in [0.25, 0.3) is 11.4 Å². The molecule has 0 atom stereocenters. The summed E-state index contributed by atoms with van der Waals surface area (Å²) in [6.45, 7) is 0.0586. The van der Waals surface area contributed by atoms with E-state index in [1.807, 2.05) is 0 Å². The van der Waals surface area contributed by atoms with Gasteiger partial charge in [-0.25, -0.2) is 18.2 Å². The number of aryl methyl sites for hydroxylation is 1. The van der Waals surface area contributed by atoms with Gasteiger partial charge in [-0.05, 0) is 12.1 Å². The summed E-state index contributed by atoms with van der Waals surface area (Å²) in [6, 6.07) is 1.86. The number of aliphatic carboxylic acids is 1. The summed E-state index contributed by atoms with van der Waals surface area (Å²) >= 11 is 0. The molecule has 0 aliphatic carbocycles. The summed E-state index contributed by atoms with van der Waals surface area (Å²) in [5.41, 5.74) is -0.214. The first-order chi connectivity index (χ1) is 9.00. The molecule has 0 bridgehead atoms. The number of hydrogen-bond acceptors (Lipinski definition) is 2. The second kappa shape index (κ2) is 5.13. The zero-order valence-corrected chi connectivity index (χ0v) is 9.61. The Morgan fingerprint density at radius 3 is 2.68 bits per heavy atom. The van der Waals surface area contributed by atoms with Gasteiger partial charge in [0.15, 0.2) is 17.5 Å². The van der Waals surface area contributed by atoms with Crippen LogP contribution in [0.2, 0.25) is 0 Å². The number of imidazole rings is 1. The minimum absolute atomic E-state index is 0.0534. The smallest absolute Gasteiger partial charge is 0.305 e. The average molecular weight is 270 g/mol. The Morgan fingerprint density at radius 1 is 1.26 bits per heavy atom. The lowest BCUT2D eigenvalue weighted by Crippen LogP contribution is -2.06. The van der Waals surface area contributed by atoms with E-state index in [-0.39, 0.29) is 24.4 Å². The van der Waals surface area contributed by atoms with Gasteiger partial charge in [0.1, 0.15) is 5.82 Å². The molecular formula is C12H9F3N2O2. The van der Waals surface area contributed by atoms with Gasteiger partial charge in [-0.1, -0.05) is 0 Å². The van der Waals surface area contributed by atoms with Gasteiger partial charge < -0.3 is 9.67 Å². The van der Waals surface area contributed by atoms with E-state index in [9.17, 15) is 18.0 Å². The third-order valence-corrected chi connectivity index (χ3v) is 2.56. The van der Waals surface area contributed by atoms with Crippen LogP contribution in [-0.2, 0) is 11.3 Å². The quantitative estimate of drug-likeness (QED) is 0.868. The van der Waals surface area contributed by atoms with Crippen molar-refractivity contribution in [2.24, 2.45) is 0 Å². The van der Waals surface area contributed by atoms with Crippen LogP contribution in [0.1, 0.15) is 6.42 Å². The van der Waals surface area contributed by atoms with Crippen molar-refractivity contribution in [2.45, 2.75) is 13.0 Å². The number of hydrogen-bond donors (Lipinski definition) is 1. The fourth-order valence-electron chi connectivity index (χ4n) is 1.65. The molecule has 0 aliphatic rings. The van der Waals surface area contributed by atoms with E-state index in [2.05, 4.69) is 4.98 Å². The van der Waals surface area contributed by atoms with Gasteiger partial charge in [-0.2, -0.15) is 0 Å². The fraction of sp³-hybridized carbons (Fsp3) is 0.167. The predicted molar refractivity (Wildman–Crippen MR) is 59.8 cm³/mol. The zero-order chi connectivity index (χ0) is 14.0. The highest BCUT2D eigenvalue weighted by Gasteiger charge is 2.18. The molecule has 0 saturated heterocycles. The molecule has 1 aromatic carbocycles. The molecule has 2 rings (SSSR count). The molecule has 1 heterocycles. The number of carbonyl (C=O) groups is 1. The number of aromatic nitrogens is 2. The first kappa shape index (κ1) is 13.1. The minimum atomic E-state index is -1.58. The summed E-state index contributed by atoms with van der Waals surface area (Å²) in [7, 11) is 0. The first-order valence-corrected chi connectivity index (χ1v) is 5.37. The molecule has 100 valence electrons. The Kier molecular flexibility index (Phi) is 3.55. The average Bonchev–Trinajstić information content (AvgIpc) is 2.82. The largest absolute Gasteiger partial charge is 0.481 e. The maximum absolute atomic E-state index is 13.6. The van der Waals surface area contributed by atoms with E-state index < -0.39 is 23.4 Å². The Labute approximate surface area is 106 Å². The highest BCUT2D eigenvalue weighted by Crippen LogP contribution is 2.24. The Bertz CT molecular complexity index is 625. The number of benzene rings is 1. The van der Waals surface area contributed by atoms with Gasteiger partial charge in [0.05, 0.1) is 12.0 Å². The molecule has 1 N–H and O–H groups in total. The van der Waals surface area contributed by atoms with Crippen molar-refractivity contribution in [3.05, 3.63) is 42.0 Å². The van der Waals surface area contributed by atoms with Crippen molar-refractivity contribution < 1.29 is 23.1 Å². The fourth-order valence-corrected chi connectivity index (χ4v) is 1.65. The lowest BCUT2D eigenvalue weighted by Gasteiger charge is -2.08. The normalized spacial score (nSPS) is 10.7. The predicted octanol–water partition coefficient (Wildman–Crippen LogP) is 2.44. The van der Waals surface area contributed by atoms with Crippen molar-refractivity contribution in [2.75, 3.05) is 0 Å². The molecule has 0 spiro atoms. The van der Waals surface area contributed by atoms with Crippen LogP contribution in [0.5, 0.6) is 0 Å².